The molecule has 0 saturated carbocycles. The average Bonchev–Trinajstić information content (AvgIpc) is 2.35. The van der Waals surface area contributed by atoms with Gasteiger partial charge in [-0.05, 0) is 24.3 Å². The van der Waals surface area contributed by atoms with Gasteiger partial charge in [0.1, 0.15) is 5.82 Å². The van der Waals surface area contributed by atoms with Gasteiger partial charge in [0.15, 0.2) is 6.04 Å². The van der Waals surface area contributed by atoms with Gasteiger partial charge in [0, 0.05) is 5.56 Å². The van der Waals surface area contributed by atoms with Crippen LogP contribution >= 0.6 is 0 Å². The first-order valence-corrected chi connectivity index (χ1v) is 4.83. The van der Waals surface area contributed by atoms with Gasteiger partial charge in [-0.3, -0.25) is 4.79 Å². The molecule has 0 bridgehead atoms. The first-order valence-electron chi connectivity index (χ1n) is 4.83. The van der Waals surface area contributed by atoms with Crippen molar-refractivity contribution in [1.29, 1.82) is 0 Å². The van der Waals surface area contributed by atoms with Crippen LogP contribution in [0.2, 0.25) is 0 Å². The van der Waals surface area contributed by atoms with Gasteiger partial charge in [-0.1, -0.05) is 0 Å². The minimum atomic E-state index is -1.13. The van der Waals surface area contributed by atoms with Crippen molar-refractivity contribution < 1.29 is 23.8 Å². The van der Waals surface area contributed by atoms with E-state index >= 15 is 0 Å². The molecule has 0 aliphatic rings. The molecule has 0 heterocycles. The molecular formula is C11H12FNO4. The van der Waals surface area contributed by atoms with Gasteiger partial charge in [-0.25, -0.2) is 9.18 Å². The Balaban J connectivity index is 2.71. The molecule has 92 valence electrons. The van der Waals surface area contributed by atoms with E-state index in [0.717, 1.165) is 19.2 Å². The summed E-state index contributed by atoms with van der Waals surface area (Å²) in [6.07, 6.45) is 0. The van der Waals surface area contributed by atoms with E-state index in [9.17, 15) is 14.0 Å². The number of benzene rings is 1. The lowest BCUT2D eigenvalue weighted by Crippen LogP contribution is -2.44. The zero-order valence-electron chi connectivity index (χ0n) is 9.14. The van der Waals surface area contributed by atoms with Gasteiger partial charge in [0.05, 0.1) is 13.7 Å². The van der Waals surface area contributed by atoms with Crippen molar-refractivity contribution in [2.75, 3.05) is 13.7 Å². The van der Waals surface area contributed by atoms with Crippen LogP contribution in [0.3, 0.4) is 0 Å². The fourth-order valence-corrected chi connectivity index (χ4v) is 1.16. The van der Waals surface area contributed by atoms with E-state index < -0.39 is 30.3 Å². The molecule has 1 rings (SSSR count). The molecule has 17 heavy (non-hydrogen) atoms. The van der Waals surface area contributed by atoms with E-state index in [1.54, 1.807) is 0 Å². The Hall–Kier alpha value is -1.95. The summed E-state index contributed by atoms with van der Waals surface area (Å²) in [6.45, 7) is -0.570. The lowest BCUT2D eigenvalue weighted by atomic mass is 10.2. The number of hydrogen-bond donors (Lipinski definition) is 2. The summed E-state index contributed by atoms with van der Waals surface area (Å²) in [5.41, 5.74) is 0.189. The van der Waals surface area contributed by atoms with Crippen LogP contribution in [0.4, 0.5) is 4.39 Å². The first kappa shape index (κ1) is 13.1. The summed E-state index contributed by atoms with van der Waals surface area (Å²) in [4.78, 5) is 22.7. The predicted molar refractivity (Wildman–Crippen MR) is 56.8 cm³/mol. The molecule has 1 unspecified atom stereocenters. The molecule has 0 fully saturated rings. The predicted octanol–water partition coefficient (Wildman–Crippen LogP) is 0.0894. The van der Waals surface area contributed by atoms with Crippen molar-refractivity contribution >= 4 is 11.9 Å². The molecule has 0 aliphatic heterocycles. The molecule has 0 aliphatic carbocycles. The number of methoxy groups -OCH3 is 1. The van der Waals surface area contributed by atoms with Crippen molar-refractivity contribution in [2.24, 2.45) is 0 Å². The monoisotopic (exact) mass is 241 g/mol. The fourth-order valence-electron chi connectivity index (χ4n) is 1.16. The second-order valence-corrected chi connectivity index (χ2v) is 3.24. The number of hydrogen-bond acceptors (Lipinski definition) is 4. The van der Waals surface area contributed by atoms with Crippen molar-refractivity contribution in [3.8, 4) is 0 Å². The highest BCUT2D eigenvalue weighted by Crippen LogP contribution is 2.03. The van der Waals surface area contributed by atoms with Crippen molar-refractivity contribution in [3.05, 3.63) is 35.6 Å². The first-order chi connectivity index (χ1) is 8.08. The maximum atomic E-state index is 12.6. The maximum absolute atomic E-state index is 12.6. The third-order valence-electron chi connectivity index (χ3n) is 2.08. The highest BCUT2D eigenvalue weighted by molar-refractivity contribution is 5.96. The van der Waals surface area contributed by atoms with Gasteiger partial charge >= 0.3 is 5.97 Å². The number of aliphatic hydroxyl groups excluding tert-OH is 1. The van der Waals surface area contributed by atoms with E-state index in [4.69, 9.17) is 5.11 Å². The SMILES string of the molecule is COC(=O)C(CO)NC(=O)c1ccc(F)cc1. The standard InChI is InChI=1S/C11H12FNO4/c1-17-11(16)9(6-14)13-10(15)7-2-4-8(12)5-3-7/h2-5,9,14H,6H2,1H3,(H,13,15). The molecule has 1 atom stereocenters. The van der Waals surface area contributed by atoms with Gasteiger partial charge in [-0.15, -0.1) is 0 Å². The van der Waals surface area contributed by atoms with Crippen LogP contribution in [-0.2, 0) is 9.53 Å². The highest BCUT2D eigenvalue weighted by Gasteiger charge is 2.20. The summed E-state index contributed by atoms with van der Waals surface area (Å²) < 4.78 is 17.0. The van der Waals surface area contributed by atoms with E-state index in [0.29, 0.717) is 0 Å². The van der Waals surface area contributed by atoms with Crippen LogP contribution in [0.15, 0.2) is 24.3 Å². The summed E-state index contributed by atoms with van der Waals surface area (Å²) >= 11 is 0. The molecule has 0 spiro atoms. The summed E-state index contributed by atoms with van der Waals surface area (Å²) in [5, 5.41) is 11.2. The van der Waals surface area contributed by atoms with Gasteiger partial charge < -0.3 is 15.2 Å². The Kier molecular flexibility index (Phi) is 4.59. The molecule has 5 nitrogen and oxygen atoms in total. The number of aliphatic hydroxyl groups is 1. The Morgan fingerprint density at radius 1 is 1.41 bits per heavy atom. The van der Waals surface area contributed by atoms with Crippen LogP contribution in [0, 0.1) is 5.82 Å². The molecule has 0 saturated heterocycles. The Morgan fingerprint density at radius 2 is 2.00 bits per heavy atom. The third kappa shape index (κ3) is 3.53. The lowest BCUT2D eigenvalue weighted by molar-refractivity contribution is -0.143. The van der Waals surface area contributed by atoms with Gasteiger partial charge in [0.25, 0.3) is 5.91 Å². The van der Waals surface area contributed by atoms with Crippen molar-refractivity contribution in [2.45, 2.75) is 6.04 Å². The largest absolute Gasteiger partial charge is 0.467 e. The Morgan fingerprint density at radius 3 is 2.47 bits per heavy atom. The number of esters is 1. The van der Waals surface area contributed by atoms with E-state index in [1.807, 2.05) is 0 Å². The second-order valence-electron chi connectivity index (χ2n) is 3.24. The van der Waals surface area contributed by atoms with E-state index in [1.165, 1.54) is 12.1 Å². The van der Waals surface area contributed by atoms with Crippen LogP contribution in [0.1, 0.15) is 10.4 Å². The summed E-state index contributed by atoms with van der Waals surface area (Å²) in [7, 11) is 1.15. The molecule has 1 aromatic carbocycles. The highest BCUT2D eigenvalue weighted by atomic mass is 19.1. The van der Waals surface area contributed by atoms with E-state index in [-0.39, 0.29) is 5.56 Å². The lowest BCUT2D eigenvalue weighted by Gasteiger charge is -2.13. The number of amides is 1. The Labute approximate surface area is 97.2 Å². The van der Waals surface area contributed by atoms with Crippen LogP contribution in [-0.4, -0.2) is 36.7 Å². The molecule has 6 heteroatoms. The quantitative estimate of drug-likeness (QED) is 0.732. The Bertz CT molecular complexity index is 404. The number of halogens is 1. The zero-order valence-corrected chi connectivity index (χ0v) is 9.14. The normalized spacial score (nSPS) is 11.7. The number of carbonyl (C=O) groups excluding carboxylic acids is 2. The number of ether oxygens (including phenoxy) is 1. The fraction of sp³-hybridized carbons (Fsp3) is 0.273. The van der Waals surface area contributed by atoms with Crippen molar-refractivity contribution in [3.63, 3.8) is 0 Å². The third-order valence-corrected chi connectivity index (χ3v) is 2.08. The summed E-state index contributed by atoms with van der Waals surface area (Å²) in [5.74, 6) is -1.80. The smallest absolute Gasteiger partial charge is 0.330 e. The van der Waals surface area contributed by atoms with Crippen LogP contribution < -0.4 is 5.32 Å². The molecule has 1 amide bonds. The van der Waals surface area contributed by atoms with Gasteiger partial charge in [0.2, 0.25) is 0 Å². The second kappa shape index (κ2) is 5.95. The van der Waals surface area contributed by atoms with Crippen molar-refractivity contribution in [1.82, 2.24) is 5.32 Å². The summed E-state index contributed by atoms with van der Waals surface area (Å²) in [6, 6.07) is 3.67. The average molecular weight is 241 g/mol. The van der Waals surface area contributed by atoms with Gasteiger partial charge in [-0.2, -0.15) is 0 Å². The molecule has 0 aromatic heterocycles. The van der Waals surface area contributed by atoms with Crippen LogP contribution in [0.5, 0.6) is 0 Å². The zero-order chi connectivity index (χ0) is 12.8. The minimum Gasteiger partial charge on any atom is -0.467 e. The topological polar surface area (TPSA) is 75.6 Å². The minimum absolute atomic E-state index is 0.189. The van der Waals surface area contributed by atoms with E-state index in [2.05, 4.69) is 10.1 Å². The molecular weight excluding hydrogens is 229 g/mol. The molecule has 2 N–H and O–H groups in total. The molecule has 1 aromatic rings. The maximum Gasteiger partial charge on any atom is 0.330 e. The molecule has 0 radical (unpaired) electrons. The number of carbonyl (C=O) groups is 2. The number of rotatable bonds is 4. The number of nitrogens with one attached hydrogen (secondary N) is 1. The van der Waals surface area contributed by atoms with Crippen LogP contribution in [0.25, 0.3) is 0 Å².